The predicted octanol–water partition coefficient (Wildman–Crippen LogP) is 3.09. The molecule has 2 heteroatoms. The van der Waals surface area contributed by atoms with Gasteiger partial charge in [-0.3, -0.25) is 0 Å². The zero-order valence-corrected chi connectivity index (χ0v) is 9.10. The fourth-order valence-electron chi connectivity index (χ4n) is 1.45. The second-order valence-electron chi connectivity index (χ2n) is 3.97. The van der Waals surface area contributed by atoms with Gasteiger partial charge in [-0.1, -0.05) is 26.8 Å². The van der Waals surface area contributed by atoms with E-state index in [1.165, 1.54) is 6.92 Å². The second kappa shape index (κ2) is 4.23. The van der Waals surface area contributed by atoms with Crippen LogP contribution in [-0.4, -0.2) is 16.9 Å². The molecule has 0 aliphatic carbocycles. The highest BCUT2D eigenvalue weighted by molar-refractivity contribution is 5.06. The third kappa shape index (κ3) is 2.11. The molecule has 0 saturated carbocycles. The van der Waals surface area contributed by atoms with Crippen LogP contribution in [0.1, 0.15) is 40.5 Å². The molecule has 0 rings (SSSR count). The highest BCUT2D eigenvalue weighted by Gasteiger charge is 2.46. The molecular weight excluding hydrogens is 167 g/mol. The van der Waals surface area contributed by atoms with Crippen molar-refractivity contribution in [3.05, 3.63) is 12.7 Å². The lowest BCUT2D eigenvalue weighted by molar-refractivity contribution is -0.0655. The van der Waals surface area contributed by atoms with Crippen molar-refractivity contribution in [3.63, 3.8) is 0 Å². The van der Waals surface area contributed by atoms with E-state index in [9.17, 15) is 9.50 Å². The number of aliphatic hydroxyl groups is 1. The van der Waals surface area contributed by atoms with Crippen molar-refractivity contribution in [2.75, 3.05) is 0 Å². The van der Waals surface area contributed by atoms with Crippen LogP contribution in [0.2, 0.25) is 0 Å². The van der Waals surface area contributed by atoms with Crippen LogP contribution in [0.15, 0.2) is 12.7 Å². The van der Waals surface area contributed by atoms with Crippen LogP contribution in [0.4, 0.5) is 4.39 Å². The average Bonchev–Trinajstić information content (AvgIpc) is 2.14. The maximum Gasteiger partial charge on any atom is 0.142 e. The van der Waals surface area contributed by atoms with Gasteiger partial charge in [0.05, 0.1) is 6.10 Å². The van der Waals surface area contributed by atoms with Crippen molar-refractivity contribution < 1.29 is 9.50 Å². The molecule has 0 bridgehead atoms. The number of aliphatic hydroxyl groups excluding tert-OH is 1. The minimum atomic E-state index is -1.60. The zero-order chi connectivity index (χ0) is 10.7. The minimum absolute atomic E-state index is 0.427. The highest BCUT2D eigenvalue weighted by atomic mass is 19.1. The van der Waals surface area contributed by atoms with Crippen molar-refractivity contribution in [2.24, 2.45) is 5.41 Å². The number of allylic oxidation sites excluding steroid dienone is 1. The molecule has 0 amide bonds. The number of rotatable bonds is 5. The Morgan fingerprint density at radius 2 is 1.92 bits per heavy atom. The van der Waals surface area contributed by atoms with Crippen LogP contribution in [0.3, 0.4) is 0 Å². The third-order valence-corrected chi connectivity index (χ3v) is 3.31. The van der Waals surface area contributed by atoms with Gasteiger partial charge in [0.25, 0.3) is 0 Å². The SMILES string of the molecule is C=C[C@@](C)(CC)[C@@](C)(F)[C@@H](O)CC. The van der Waals surface area contributed by atoms with Gasteiger partial charge in [-0.2, -0.15) is 0 Å². The monoisotopic (exact) mass is 188 g/mol. The molecule has 0 saturated heterocycles. The molecule has 0 aromatic carbocycles. The Hall–Kier alpha value is -0.370. The molecule has 1 N–H and O–H groups in total. The van der Waals surface area contributed by atoms with Crippen LogP contribution < -0.4 is 0 Å². The lowest BCUT2D eigenvalue weighted by atomic mass is 9.70. The van der Waals surface area contributed by atoms with E-state index in [0.29, 0.717) is 12.8 Å². The predicted molar refractivity (Wildman–Crippen MR) is 54.4 cm³/mol. The molecule has 0 aliphatic heterocycles. The molecule has 0 radical (unpaired) electrons. The van der Waals surface area contributed by atoms with E-state index in [2.05, 4.69) is 6.58 Å². The minimum Gasteiger partial charge on any atom is -0.390 e. The third-order valence-electron chi connectivity index (χ3n) is 3.31. The molecule has 0 aromatic rings. The van der Waals surface area contributed by atoms with Crippen LogP contribution in [0, 0.1) is 5.41 Å². The first-order valence-corrected chi connectivity index (χ1v) is 4.86. The molecular formula is C11H21FO. The molecule has 0 fully saturated rings. The summed E-state index contributed by atoms with van der Waals surface area (Å²) in [6.07, 6.45) is 1.75. The summed E-state index contributed by atoms with van der Waals surface area (Å²) in [5, 5.41) is 9.56. The Bertz CT molecular complexity index is 177. The summed E-state index contributed by atoms with van der Waals surface area (Å²) in [5.41, 5.74) is -2.25. The average molecular weight is 188 g/mol. The Morgan fingerprint density at radius 3 is 2.15 bits per heavy atom. The van der Waals surface area contributed by atoms with Crippen molar-refractivity contribution in [1.82, 2.24) is 0 Å². The Labute approximate surface area is 80.7 Å². The van der Waals surface area contributed by atoms with Crippen LogP contribution in [-0.2, 0) is 0 Å². The fourth-order valence-corrected chi connectivity index (χ4v) is 1.45. The number of hydrogen-bond acceptors (Lipinski definition) is 1. The van der Waals surface area contributed by atoms with Crippen molar-refractivity contribution in [2.45, 2.75) is 52.3 Å². The first kappa shape index (κ1) is 12.6. The molecule has 13 heavy (non-hydrogen) atoms. The highest BCUT2D eigenvalue weighted by Crippen LogP contribution is 2.42. The van der Waals surface area contributed by atoms with E-state index in [0.717, 1.165) is 0 Å². The fraction of sp³-hybridized carbons (Fsp3) is 0.818. The summed E-state index contributed by atoms with van der Waals surface area (Å²) in [6.45, 7) is 10.6. The smallest absolute Gasteiger partial charge is 0.142 e. The maximum absolute atomic E-state index is 14.2. The Morgan fingerprint density at radius 1 is 1.46 bits per heavy atom. The summed E-state index contributed by atoms with van der Waals surface area (Å²) < 4.78 is 14.2. The first-order valence-electron chi connectivity index (χ1n) is 4.86. The van der Waals surface area contributed by atoms with E-state index in [1.807, 2.05) is 6.92 Å². The molecule has 0 heterocycles. The first-order chi connectivity index (χ1) is 5.85. The summed E-state index contributed by atoms with van der Waals surface area (Å²) in [6, 6.07) is 0. The van der Waals surface area contributed by atoms with Gasteiger partial charge in [-0.15, -0.1) is 6.58 Å². The van der Waals surface area contributed by atoms with Gasteiger partial charge in [-0.25, -0.2) is 4.39 Å². The quantitative estimate of drug-likeness (QED) is 0.657. The molecule has 3 atom stereocenters. The Kier molecular flexibility index (Phi) is 4.11. The van der Waals surface area contributed by atoms with Crippen molar-refractivity contribution in [3.8, 4) is 0 Å². The summed E-state index contributed by atoms with van der Waals surface area (Å²) in [4.78, 5) is 0. The molecule has 0 spiro atoms. The summed E-state index contributed by atoms with van der Waals surface area (Å²) >= 11 is 0. The molecule has 1 nitrogen and oxygen atoms in total. The largest absolute Gasteiger partial charge is 0.390 e. The molecule has 0 aliphatic rings. The number of halogens is 1. The lowest BCUT2D eigenvalue weighted by Crippen LogP contribution is -2.47. The van der Waals surface area contributed by atoms with Gasteiger partial charge >= 0.3 is 0 Å². The molecule has 0 aromatic heterocycles. The topological polar surface area (TPSA) is 20.2 Å². The van der Waals surface area contributed by atoms with Crippen molar-refractivity contribution >= 4 is 0 Å². The van der Waals surface area contributed by atoms with E-state index < -0.39 is 17.2 Å². The van der Waals surface area contributed by atoms with Gasteiger partial charge in [-0.05, 0) is 19.8 Å². The normalized spacial score (nSPS) is 22.9. The summed E-state index contributed by atoms with van der Waals surface area (Å²) in [5.74, 6) is 0. The van der Waals surface area contributed by atoms with Crippen LogP contribution in [0.5, 0.6) is 0 Å². The van der Waals surface area contributed by atoms with Gasteiger partial charge in [0.2, 0.25) is 0 Å². The standard InChI is InChI=1S/C11H21FO/c1-6-9(13)11(5,12)10(4,7-2)8-3/h7,9,13H,2,6,8H2,1,3-5H3/t9-,10-,11-/m0/s1. The maximum atomic E-state index is 14.2. The Balaban J connectivity index is 4.86. The van der Waals surface area contributed by atoms with E-state index in [4.69, 9.17) is 0 Å². The molecule has 78 valence electrons. The van der Waals surface area contributed by atoms with Crippen molar-refractivity contribution in [1.29, 1.82) is 0 Å². The summed E-state index contributed by atoms with van der Waals surface area (Å²) in [7, 11) is 0. The van der Waals surface area contributed by atoms with Crippen LogP contribution in [0.25, 0.3) is 0 Å². The van der Waals surface area contributed by atoms with Gasteiger partial charge in [0.15, 0.2) is 0 Å². The number of hydrogen-bond donors (Lipinski definition) is 1. The zero-order valence-electron chi connectivity index (χ0n) is 9.10. The lowest BCUT2D eigenvalue weighted by Gasteiger charge is -2.40. The van der Waals surface area contributed by atoms with E-state index in [1.54, 1.807) is 19.9 Å². The van der Waals surface area contributed by atoms with Gasteiger partial charge in [0, 0.05) is 5.41 Å². The second-order valence-corrected chi connectivity index (χ2v) is 3.97. The van der Waals surface area contributed by atoms with Crippen LogP contribution >= 0.6 is 0 Å². The van der Waals surface area contributed by atoms with E-state index in [-0.39, 0.29) is 0 Å². The number of alkyl halides is 1. The molecule has 0 unspecified atom stereocenters. The van der Waals surface area contributed by atoms with E-state index >= 15 is 0 Å². The van der Waals surface area contributed by atoms with Gasteiger partial charge < -0.3 is 5.11 Å². The van der Waals surface area contributed by atoms with Gasteiger partial charge in [0.1, 0.15) is 5.67 Å².